The van der Waals surface area contributed by atoms with Crippen LogP contribution in [0, 0.1) is 0 Å². The molecule has 0 spiro atoms. The molecule has 1 aromatic carbocycles. The third-order valence-corrected chi connectivity index (χ3v) is 2.79. The van der Waals surface area contributed by atoms with Crippen molar-refractivity contribution >= 4 is 5.82 Å². The highest BCUT2D eigenvalue weighted by Crippen LogP contribution is 2.20. The maximum atomic E-state index is 5.70. The third-order valence-electron chi connectivity index (χ3n) is 2.79. The molecule has 0 saturated heterocycles. The largest absolute Gasteiger partial charge is 0.384 e. The van der Waals surface area contributed by atoms with Crippen molar-refractivity contribution in [2.24, 2.45) is 7.05 Å². The van der Waals surface area contributed by atoms with Gasteiger partial charge < -0.3 is 5.73 Å². The molecule has 0 bridgehead atoms. The molecule has 0 aliphatic rings. The van der Waals surface area contributed by atoms with E-state index in [9.17, 15) is 0 Å². The first kappa shape index (κ1) is 11.4. The Morgan fingerprint density at radius 3 is 2.47 bits per heavy atom. The Balaban J connectivity index is 2.08. The first-order valence-corrected chi connectivity index (χ1v) is 5.93. The second kappa shape index (κ2) is 4.53. The lowest BCUT2D eigenvalue weighted by Gasteiger charge is -1.99. The number of hydrogen-bond acceptors (Lipinski definition) is 4. The first-order chi connectivity index (χ1) is 9.24. The Morgan fingerprint density at radius 1 is 0.947 bits per heavy atom. The van der Waals surface area contributed by atoms with E-state index < -0.39 is 0 Å². The number of nitrogen functional groups attached to an aromatic ring is 1. The van der Waals surface area contributed by atoms with E-state index in [0.29, 0.717) is 17.5 Å². The van der Waals surface area contributed by atoms with Crippen LogP contribution in [0.25, 0.3) is 22.9 Å². The molecular weight excluding hydrogens is 238 g/mol. The molecule has 5 heteroatoms. The van der Waals surface area contributed by atoms with Crippen molar-refractivity contribution in [1.82, 2.24) is 19.7 Å². The number of nitrogens with zero attached hydrogens (tertiary/aromatic N) is 4. The highest BCUT2D eigenvalue weighted by atomic mass is 15.3. The van der Waals surface area contributed by atoms with Gasteiger partial charge in [0.2, 0.25) is 0 Å². The quantitative estimate of drug-likeness (QED) is 0.757. The molecule has 0 amide bonds. The monoisotopic (exact) mass is 251 g/mol. The van der Waals surface area contributed by atoms with E-state index in [1.54, 1.807) is 10.7 Å². The number of nitrogens with two attached hydrogens (primary N) is 1. The molecule has 3 rings (SSSR count). The van der Waals surface area contributed by atoms with Gasteiger partial charge in [0.1, 0.15) is 11.5 Å². The van der Waals surface area contributed by atoms with E-state index in [1.165, 1.54) is 0 Å². The van der Waals surface area contributed by atoms with Gasteiger partial charge in [0.15, 0.2) is 11.6 Å². The Hall–Kier alpha value is -2.69. The van der Waals surface area contributed by atoms with Gasteiger partial charge >= 0.3 is 0 Å². The second-order valence-corrected chi connectivity index (χ2v) is 4.20. The molecule has 0 atom stereocenters. The number of rotatable bonds is 2. The smallest absolute Gasteiger partial charge is 0.181 e. The van der Waals surface area contributed by atoms with Gasteiger partial charge in [-0.1, -0.05) is 36.4 Å². The van der Waals surface area contributed by atoms with E-state index in [0.717, 1.165) is 11.3 Å². The van der Waals surface area contributed by atoms with Crippen molar-refractivity contribution in [2.75, 3.05) is 5.73 Å². The lowest BCUT2D eigenvalue weighted by atomic mass is 10.2. The molecule has 0 unspecified atom stereocenters. The number of anilines is 1. The highest BCUT2D eigenvalue weighted by molar-refractivity contribution is 5.60. The number of pyridine rings is 1. The van der Waals surface area contributed by atoms with Gasteiger partial charge in [0.05, 0.1) is 0 Å². The zero-order chi connectivity index (χ0) is 13.2. The summed E-state index contributed by atoms with van der Waals surface area (Å²) < 4.78 is 1.71. The third kappa shape index (κ3) is 2.18. The Morgan fingerprint density at radius 2 is 1.74 bits per heavy atom. The summed E-state index contributed by atoms with van der Waals surface area (Å²) in [7, 11) is 1.85. The molecule has 2 heterocycles. The zero-order valence-corrected chi connectivity index (χ0v) is 10.5. The van der Waals surface area contributed by atoms with Crippen molar-refractivity contribution in [3.63, 3.8) is 0 Å². The normalized spacial score (nSPS) is 10.6. The fourth-order valence-corrected chi connectivity index (χ4v) is 1.89. The first-order valence-electron chi connectivity index (χ1n) is 5.93. The fourth-order valence-electron chi connectivity index (χ4n) is 1.89. The van der Waals surface area contributed by atoms with Gasteiger partial charge in [-0.15, -0.1) is 0 Å². The van der Waals surface area contributed by atoms with Crippen LogP contribution in [-0.4, -0.2) is 19.7 Å². The van der Waals surface area contributed by atoms with Gasteiger partial charge in [0.25, 0.3) is 0 Å². The maximum Gasteiger partial charge on any atom is 0.181 e. The molecule has 0 saturated carbocycles. The molecule has 3 aromatic rings. The van der Waals surface area contributed by atoms with Crippen LogP contribution < -0.4 is 5.73 Å². The van der Waals surface area contributed by atoms with Crippen LogP contribution >= 0.6 is 0 Å². The van der Waals surface area contributed by atoms with Crippen molar-refractivity contribution in [3.8, 4) is 22.9 Å². The summed E-state index contributed by atoms with van der Waals surface area (Å²) in [5, 5.41) is 4.41. The summed E-state index contributed by atoms with van der Waals surface area (Å²) in [6.07, 6.45) is 0. The summed E-state index contributed by atoms with van der Waals surface area (Å²) in [5.41, 5.74) is 7.39. The molecule has 0 aliphatic heterocycles. The van der Waals surface area contributed by atoms with Gasteiger partial charge in [-0.25, -0.2) is 14.6 Å². The standard InChI is InChI=1S/C14H13N5/c1-19-14(11-8-5-9-12(15)16-11)17-13(18-19)10-6-3-2-4-7-10/h2-9H,1H3,(H2,15,16). The minimum atomic E-state index is 0.474. The van der Waals surface area contributed by atoms with Crippen LogP contribution in [0.1, 0.15) is 0 Å². The van der Waals surface area contributed by atoms with Crippen LogP contribution in [-0.2, 0) is 7.05 Å². The molecule has 5 nitrogen and oxygen atoms in total. The molecule has 0 radical (unpaired) electrons. The van der Waals surface area contributed by atoms with Gasteiger partial charge in [-0.2, -0.15) is 5.10 Å². The van der Waals surface area contributed by atoms with Crippen LogP contribution in [0.3, 0.4) is 0 Å². The van der Waals surface area contributed by atoms with Crippen LogP contribution in [0.5, 0.6) is 0 Å². The summed E-state index contributed by atoms with van der Waals surface area (Å²) in [5.74, 6) is 1.86. The molecule has 0 aliphatic carbocycles. The zero-order valence-electron chi connectivity index (χ0n) is 10.5. The Kier molecular flexibility index (Phi) is 2.72. The van der Waals surface area contributed by atoms with E-state index in [1.807, 2.05) is 49.5 Å². The van der Waals surface area contributed by atoms with Crippen LogP contribution in [0.15, 0.2) is 48.5 Å². The van der Waals surface area contributed by atoms with Crippen molar-refractivity contribution in [2.45, 2.75) is 0 Å². The summed E-state index contributed by atoms with van der Waals surface area (Å²) in [4.78, 5) is 8.79. The van der Waals surface area contributed by atoms with E-state index in [4.69, 9.17) is 5.73 Å². The summed E-state index contributed by atoms with van der Waals surface area (Å²) in [6, 6.07) is 15.3. The Bertz CT molecular complexity index is 703. The predicted octanol–water partition coefficient (Wildman–Crippen LogP) is 2.13. The minimum absolute atomic E-state index is 0.474. The van der Waals surface area contributed by atoms with E-state index >= 15 is 0 Å². The average molecular weight is 251 g/mol. The topological polar surface area (TPSA) is 69.6 Å². The number of aryl methyl sites for hydroxylation is 1. The lowest BCUT2D eigenvalue weighted by Crippen LogP contribution is -1.98. The molecule has 94 valence electrons. The molecule has 19 heavy (non-hydrogen) atoms. The maximum absolute atomic E-state index is 5.70. The van der Waals surface area contributed by atoms with E-state index in [2.05, 4.69) is 15.1 Å². The predicted molar refractivity (Wildman–Crippen MR) is 74.1 cm³/mol. The Labute approximate surface area is 110 Å². The lowest BCUT2D eigenvalue weighted by molar-refractivity contribution is 0.774. The number of aromatic nitrogens is 4. The molecule has 2 N–H and O–H groups in total. The second-order valence-electron chi connectivity index (χ2n) is 4.20. The highest BCUT2D eigenvalue weighted by Gasteiger charge is 2.11. The van der Waals surface area contributed by atoms with Crippen molar-refractivity contribution in [1.29, 1.82) is 0 Å². The van der Waals surface area contributed by atoms with Crippen LogP contribution in [0.4, 0.5) is 5.82 Å². The molecule has 0 fully saturated rings. The number of benzene rings is 1. The average Bonchev–Trinajstić information content (AvgIpc) is 2.82. The van der Waals surface area contributed by atoms with Gasteiger partial charge in [-0.05, 0) is 12.1 Å². The number of hydrogen-bond donors (Lipinski definition) is 1. The van der Waals surface area contributed by atoms with Crippen molar-refractivity contribution in [3.05, 3.63) is 48.5 Å². The van der Waals surface area contributed by atoms with Crippen molar-refractivity contribution < 1.29 is 0 Å². The summed E-state index contributed by atoms with van der Waals surface area (Å²) in [6.45, 7) is 0. The van der Waals surface area contributed by atoms with Gasteiger partial charge in [0, 0.05) is 12.6 Å². The molecular formula is C14H13N5. The summed E-state index contributed by atoms with van der Waals surface area (Å²) >= 11 is 0. The van der Waals surface area contributed by atoms with Gasteiger partial charge in [-0.3, -0.25) is 0 Å². The minimum Gasteiger partial charge on any atom is -0.384 e. The fraction of sp³-hybridized carbons (Fsp3) is 0.0714. The molecule has 2 aromatic heterocycles. The SMILES string of the molecule is Cn1nc(-c2ccccc2)nc1-c1cccc(N)n1. The van der Waals surface area contributed by atoms with Crippen LogP contribution in [0.2, 0.25) is 0 Å². The van der Waals surface area contributed by atoms with E-state index in [-0.39, 0.29) is 0 Å².